The molecule has 0 aromatic heterocycles. The highest BCUT2D eigenvalue weighted by Gasteiger charge is 2.24. The van der Waals surface area contributed by atoms with E-state index in [9.17, 15) is 9.59 Å². The first-order valence-corrected chi connectivity index (χ1v) is 11.0. The maximum atomic E-state index is 13.5. The van der Waals surface area contributed by atoms with E-state index in [1.54, 1.807) is 17.6 Å². The van der Waals surface area contributed by atoms with E-state index in [1.807, 2.05) is 29.2 Å². The van der Waals surface area contributed by atoms with Crippen LogP contribution in [0.15, 0.2) is 66.7 Å². The lowest BCUT2D eigenvalue weighted by atomic mass is 9.90. The zero-order chi connectivity index (χ0) is 23.1. The van der Waals surface area contributed by atoms with Crippen LogP contribution in [0.25, 0.3) is 10.8 Å². The zero-order valence-corrected chi connectivity index (χ0v) is 19.9. The first kappa shape index (κ1) is 26.3. The van der Waals surface area contributed by atoms with Gasteiger partial charge in [0.1, 0.15) is 0 Å². The number of fused-ring (bicyclic) bond motifs is 1. The Labute approximate surface area is 201 Å². The van der Waals surface area contributed by atoms with Gasteiger partial charge in [0.25, 0.3) is 11.8 Å². The molecular weight excluding hydrogens is 438 g/mol. The van der Waals surface area contributed by atoms with Gasteiger partial charge >= 0.3 is 0 Å². The van der Waals surface area contributed by atoms with Crippen molar-refractivity contribution in [1.29, 1.82) is 0 Å². The minimum absolute atomic E-state index is 0. The molecule has 0 aliphatic rings. The van der Waals surface area contributed by atoms with E-state index in [1.165, 1.54) is 12.1 Å². The summed E-state index contributed by atoms with van der Waals surface area (Å²) in [6.07, 6.45) is 2.37. The molecule has 3 rings (SSSR count). The number of amides is 2. The molecule has 0 saturated heterocycles. The number of nitrogens with one attached hydrogen (secondary N) is 1. The van der Waals surface area contributed by atoms with Gasteiger partial charge in [-0.05, 0) is 59.9 Å². The van der Waals surface area contributed by atoms with E-state index >= 15 is 0 Å². The fourth-order valence-corrected chi connectivity index (χ4v) is 3.86. The van der Waals surface area contributed by atoms with Gasteiger partial charge in [-0.3, -0.25) is 14.8 Å². The number of benzene rings is 3. The minimum Gasteiger partial charge on any atom is -0.334 e. The number of nitrogens with zero attached hydrogens (tertiary/aromatic N) is 1. The molecule has 3 aromatic carbocycles. The predicted molar refractivity (Wildman–Crippen MR) is 134 cm³/mol. The maximum absolute atomic E-state index is 13.5. The van der Waals surface area contributed by atoms with Gasteiger partial charge in [0, 0.05) is 29.8 Å². The summed E-state index contributed by atoms with van der Waals surface area (Å²) in [6.45, 7) is 5.14. The molecule has 4 N–H and O–H groups in total. The fraction of sp³-hybridized carbons (Fsp3) is 0.308. The molecule has 0 spiro atoms. The van der Waals surface area contributed by atoms with Gasteiger partial charge in [-0.1, -0.05) is 56.3 Å². The summed E-state index contributed by atoms with van der Waals surface area (Å²) in [7, 11) is 0. The molecule has 0 bridgehead atoms. The third kappa shape index (κ3) is 6.32. The molecule has 0 aliphatic heterocycles. The van der Waals surface area contributed by atoms with Crippen molar-refractivity contribution in [2.24, 2.45) is 5.73 Å². The van der Waals surface area contributed by atoms with E-state index in [4.69, 9.17) is 10.9 Å². The van der Waals surface area contributed by atoms with E-state index in [0.29, 0.717) is 25.1 Å². The molecule has 0 unspecified atom stereocenters. The Morgan fingerprint density at radius 3 is 2.18 bits per heavy atom. The van der Waals surface area contributed by atoms with Gasteiger partial charge in [0.15, 0.2) is 0 Å². The number of carbonyl (C=O) groups excluding carboxylic acids is 2. The molecular formula is C26H32ClN3O3. The molecule has 6 nitrogen and oxygen atoms in total. The van der Waals surface area contributed by atoms with Crippen LogP contribution >= 0.6 is 12.4 Å². The standard InChI is InChI=1S/C26H31N3O3.ClH/c1-3-26(27,4-2)16-17-29(18-22-10-7-9-19-8-5-6-11-23(19)22)25(31)21-14-12-20(13-15-21)24(30)28-32;/h5-15,32H,3-4,16-18,27H2,1-2H3,(H,28,30);1H. The molecule has 0 heterocycles. The van der Waals surface area contributed by atoms with E-state index in [-0.39, 0.29) is 29.4 Å². The van der Waals surface area contributed by atoms with Gasteiger partial charge in [-0.15, -0.1) is 12.4 Å². The smallest absolute Gasteiger partial charge is 0.274 e. The molecule has 176 valence electrons. The summed E-state index contributed by atoms with van der Waals surface area (Å²) in [5.74, 6) is -0.737. The Hall–Kier alpha value is -2.93. The average molecular weight is 470 g/mol. The summed E-state index contributed by atoms with van der Waals surface area (Å²) in [4.78, 5) is 26.9. The average Bonchev–Trinajstić information content (AvgIpc) is 2.85. The van der Waals surface area contributed by atoms with Crippen molar-refractivity contribution < 1.29 is 14.8 Å². The monoisotopic (exact) mass is 469 g/mol. The Morgan fingerprint density at radius 2 is 1.55 bits per heavy atom. The number of hydrogen-bond acceptors (Lipinski definition) is 4. The Bertz CT molecular complexity index is 1080. The SMILES string of the molecule is CCC(N)(CC)CCN(Cc1cccc2ccccc12)C(=O)c1ccc(C(=O)NO)cc1.Cl. The van der Waals surface area contributed by atoms with Crippen LogP contribution in [0, 0.1) is 0 Å². The summed E-state index contributed by atoms with van der Waals surface area (Å²) >= 11 is 0. The quantitative estimate of drug-likeness (QED) is 0.306. The van der Waals surface area contributed by atoms with Crippen molar-refractivity contribution in [1.82, 2.24) is 10.4 Å². The maximum Gasteiger partial charge on any atom is 0.274 e. The van der Waals surface area contributed by atoms with Crippen molar-refractivity contribution in [3.05, 3.63) is 83.4 Å². The second-order valence-corrected chi connectivity index (χ2v) is 8.20. The van der Waals surface area contributed by atoms with Crippen LogP contribution in [0.4, 0.5) is 0 Å². The molecule has 0 fully saturated rings. The van der Waals surface area contributed by atoms with E-state index < -0.39 is 5.91 Å². The van der Waals surface area contributed by atoms with Gasteiger partial charge in [0.05, 0.1) is 0 Å². The van der Waals surface area contributed by atoms with Crippen LogP contribution in [0.2, 0.25) is 0 Å². The molecule has 33 heavy (non-hydrogen) atoms. The lowest BCUT2D eigenvalue weighted by Gasteiger charge is -2.31. The van der Waals surface area contributed by atoms with Gasteiger partial charge in [-0.25, -0.2) is 5.48 Å². The van der Waals surface area contributed by atoms with Crippen molar-refractivity contribution >= 4 is 35.0 Å². The second kappa shape index (κ2) is 11.8. The number of nitrogens with two attached hydrogens (primary N) is 1. The number of hydroxylamine groups is 1. The topological polar surface area (TPSA) is 95.7 Å². The van der Waals surface area contributed by atoms with Crippen molar-refractivity contribution in [3.8, 4) is 0 Å². The lowest BCUT2D eigenvalue weighted by Crippen LogP contribution is -2.43. The summed E-state index contributed by atoms with van der Waals surface area (Å²) < 4.78 is 0. The summed E-state index contributed by atoms with van der Waals surface area (Å²) in [5, 5.41) is 11.1. The highest BCUT2D eigenvalue weighted by molar-refractivity contribution is 5.97. The fourth-order valence-electron chi connectivity index (χ4n) is 3.86. The van der Waals surface area contributed by atoms with E-state index in [0.717, 1.165) is 29.2 Å². The van der Waals surface area contributed by atoms with E-state index in [2.05, 4.69) is 32.0 Å². The Kier molecular flexibility index (Phi) is 9.41. The number of carbonyl (C=O) groups is 2. The van der Waals surface area contributed by atoms with Gasteiger partial charge in [-0.2, -0.15) is 0 Å². The lowest BCUT2D eigenvalue weighted by molar-refractivity contribution is 0.0702. The van der Waals surface area contributed by atoms with Crippen LogP contribution in [-0.2, 0) is 6.54 Å². The van der Waals surface area contributed by atoms with Crippen molar-refractivity contribution in [2.75, 3.05) is 6.54 Å². The first-order chi connectivity index (χ1) is 15.4. The van der Waals surface area contributed by atoms with Crippen molar-refractivity contribution in [2.45, 2.75) is 45.2 Å². The minimum atomic E-state index is -0.615. The predicted octanol–water partition coefficient (Wildman–Crippen LogP) is 4.93. The molecule has 3 aromatic rings. The molecule has 0 radical (unpaired) electrons. The van der Waals surface area contributed by atoms with Crippen LogP contribution in [0.5, 0.6) is 0 Å². The zero-order valence-electron chi connectivity index (χ0n) is 19.1. The molecule has 0 atom stereocenters. The van der Waals surface area contributed by atoms with Crippen LogP contribution < -0.4 is 11.2 Å². The van der Waals surface area contributed by atoms with Crippen LogP contribution in [-0.4, -0.2) is 34.0 Å². The number of hydrogen-bond donors (Lipinski definition) is 3. The third-order valence-electron chi connectivity index (χ3n) is 6.31. The molecule has 7 heteroatoms. The molecule has 2 amide bonds. The highest BCUT2D eigenvalue weighted by Crippen LogP contribution is 2.23. The van der Waals surface area contributed by atoms with Gasteiger partial charge < -0.3 is 10.6 Å². The number of rotatable bonds is 9. The first-order valence-electron chi connectivity index (χ1n) is 11.0. The highest BCUT2D eigenvalue weighted by atomic mass is 35.5. The van der Waals surface area contributed by atoms with Crippen LogP contribution in [0.3, 0.4) is 0 Å². The van der Waals surface area contributed by atoms with Gasteiger partial charge in [0.2, 0.25) is 0 Å². The van der Waals surface area contributed by atoms with Crippen LogP contribution in [0.1, 0.15) is 59.4 Å². The summed E-state index contributed by atoms with van der Waals surface area (Å²) in [6, 6.07) is 20.5. The largest absolute Gasteiger partial charge is 0.334 e. The summed E-state index contributed by atoms with van der Waals surface area (Å²) in [5.41, 5.74) is 9.65. The second-order valence-electron chi connectivity index (χ2n) is 8.20. The number of halogens is 1. The van der Waals surface area contributed by atoms with Crippen molar-refractivity contribution in [3.63, 3.8) is 0 Å². The Balaban J connectivity index is 0.00000385. The normalized spacial score (nSPS) is 11.0. The Morgan fingerprint density at radius 1 is 0.939 bits per heavy atom. The molecule has 0 saturated carbocycles. The molecule has 0 aliphatic carbocycles. The third-order valence-corrected chi connectivity index (χ3v) is 6.31.